The average molecular weight is 333 g/mol. The van der Waals surface area contributed by atoms with E-state index in [1.165, 1.54) is 0 Å². The van der Waals surface area contributed by atoms with Crippen molar-refractivity contribution in [3.8, 4) is 0 Å². The molecule has 1 aromatic rings. The zero-order valence-corrected chi connectivity index (χ0v) is 13.3. The van der Waals surface area contributed by atoms with Gasteiger partial charge in [0, 0.05) is 16.4 Å². The van der Waals surface area contributed by atoms with E-state index in [-0.39, 0.29) is 11.9 Å². The van der Waals surface area contributed by atoms with E-state index in [2.05, 4.69) is 35.1 Å². The average Bonchev–Trinajstić information content (AvgIpc) is 2.31. The van der Waals surface area contributed by atoms with E-state index in [4.69, 9.17) is 11.6 Å². The van der Waals surface area contributed by atoms with Crippen LogP contribution in [0.25, 0.3) is 0 Å². The van der Waals surface area contributed by atoms with Crippen LogP contribution in [-0.2, 0) is 0 Å². The molecule has 1 atom stereocenters. The van der Waals surface area contributed by atoms with E-state index in [1.807, 2.05) is 25.1 Å². The first-order valence-corrected chi connectivity index (χ1v) is 7.40. The second kappa shape index (κ2) is 7.15. The molecular formula is C14H19BrClNO. The van der Waals surface area contributed by atoms with Gasteiger partial charge in [-0.1, -0.05) is 26.0 Å². The highest BCUT2D eigenvalue weighted by atomic mass is 79.9. The molecule has 0 saturated carbocycles. The monoisotopic (exact) mass is 331 g/mol. The van der Waals surface area contributed by atoms with Crippen molar-refractivity contribution in [2.45, 2.75) is 33.2 Å². The summed E-state index contributed by atoms with van der Waals surface area (Å²) in [6, 6.07) is 5.68. The number of halogens is 2. The van der Waals surface area contributed by atoms with Gasteiger partial charge in [0.2, 0.25) is 0 Å². The zero-order chi connectivity index (χ0) is 13.7. The maximum absolute atomic E-state index is 12.2. The van der Waals surface area contributed by atoms with Crippen molar-refractivity contribution >= 4 is 33.4 Å². The molecule has 4 heteroatoms. The Labute approximate surface area is 122 Å². The number of rotatable bonds is 5. The summed E-state index contributed by atoms with van der Waals surface area (Å²) in [5, 5.41) is 2.98. The Morgan fingerprint density at radius 3 is 2.67 bits per heavy atom. The number of aryl methyl sites for hydroxylation is 1. The van der Waals surface area contributed by atoms with E-state index in [0.29, 0.717) is 17.4 Å². The fraction of sp³-hybridized carbons (Fsp3) is 0.500. The van der Waals surface area contributed by atoms with Gasteiger partial charge in [0.15, 0.2) is 0 Å². The molecule has 1 unspecified atom stereocenters. The zero-order valence-electron chi connectivity index (χ0n) is 11.0. The van der Waals surface area contributed by atoms with Crippen molar-refractivity contribution in [2.24, 2.45) is 5.92 Å². The number of hydrogen-bond acceptors (Lipinski definition) is 1. The Morgan fingerprint density at radius 1 is 1.44 bits per heavy atom. The minimum atomic E-state index is -0.0723. The largest absolute Gasteiger partial charge is 0.348 e. The SMILES string of the molecule is Cc1cccc(C(=O)NC(CCl)CC(C)C)c1Br. The summed E-state index contributed by atoms with van der Waals surface area (Å²) in [4.78, 5) is 12.2. The molecule has 2 nitrogen and oxygen atoms in total. The second-order valence-corrected chi connectivity index (χ2v) is 5.99. The lowest BCUT2D eigenvalue weighted by Crippen LogP contribution is -2.37. The summed E-state index contributed by atoms with van der Waals surface area (Å²) in [6.45, 7) is 6.20. The summed E-state index contributed by atoms with van der Waals surface area (Å²) < 4.78 is 0.848. The fourth-order valence-electron chi connectivity index (χ4n) is 1.82. The Hall–Kier alpha value is -0.540. The van der Waals surface area contributed by atoms with Crippen molar-refractivity contribution in [3.05, 3.63) is 33.8 Å². The topological polar surface area (TPSA) is 29.1 Å². The summed E-state index contributed by atoms with van der Waals surface area (Å²) in [5.41, 5.74) is 1.71. The van der Waals surface area contributed by atoms with Crippen LogP contribution >= 0.6 is 27.5 Å². The second-order valence-electron chi connectivity index (χ2n) is 4.89. The molecule has 0 saturated heterocycles. The maximum atomic E-state index is 12.2. The third-order valence-electron chi connectivity index (χ3n) is 2.71. The van der Waals surface area contributed by atoms with Crippen LogP contribution in [-0.4, -0.2) is 17.8 Å². The third kappa shape index (κ3) is 4.29. The van der Waals surface area contributed by atoms with Gasteiger partial charge >= 0.3 is 0 Å². The smallest absolute Gasteiger partial charge is 0.252 e. The molecular weight excluding hydrogens is 314 g/mol. The molecule has 100 valence electrons. The van der Waals surface area contributed by atoms with Gasteiger partial charge in [-0.15, -0.1) is 11.6 Å². The Bertz CT molecular complexity index is 420. The summed E-state index contributed by atoms with van der Waals surface area (Å²) in [6.07, 6.45) is 0.888. The van der Waals surface area contributed by atoms with Gasteiger partial charge < -0.3 is 5.32 Å². The first kappa shape index (κ1) is 15.5. The van der Waals surface area contributed by atoms with Crippen LogP contribution in [0.5, 0.6) is 0 Å². The highest BCUT2D eigenvalue weighted by Gasteiger charge is 2.16. The minimum absolute atomic E-state index is 0.0200. The molecule has 1 amide bonds. The maximum Gasteiger partial charge on any atom is 0.252 e. The lowest BCUT2D eigenvalue weighted by molar-refractivity contribution is 0.0936. The lowest BCUT2D eigenvalue weighted by Gasteiger charge is -2.18. The first-order chi connectivity index (χ1) is 8.45. The highest BCUT2D eigenvalue weighted by Crippen LogP contribution is 2.21. The predicted octanol–water partition coefficient (Wildman–Crippen LogP) is 4.14. The molecule has 0 aliphatic carbocycles. The van der Waals surface area contributed by atoms with Crippen LogP contribution in [0.15, 0.2) is 22.7 Å². The van der Waals surface area contributed by atoms with Crippen LogP contribution in [0.1, 0.15) is 36.2 Å². The number of benzene rings is 1. The molecule has 0 bridgehead atoms. The van der Waals surface area contributed by atoms with Crippen molar-refractivity contribution in [2.75, 3.05) is 5.88 Å². The van der Waals surface area contributed by atoms with Crippen molar-refractivity contribution in [1.29, 1.82) is 0 Å². The van der Waals surface area contributed by atoms with E-state index < -0.39 is 0 Å². The highest BCUT2D eigenvalue weighted by molar-refractivity contribution is 9.10. The molecule has 1 aromatic carbocycles. The lowest BCUT2D eigenvalue weighted by atomic mass is 10.0. The van der Waals surface area contributed by atoms with Crippen LogP contribution < -0.4 is 5.32 Å². The normalized spacial score (nSPS) is 12.6. The van der Waals surface area contributed by atoms with Gasteiger partial charge in [-0.05, 0) is 46.8 Å². The molecule has 18 heavy (non-hydrogen) atoms. The summed E-state index contributed by atoms with van der Waals surface area (Å²) in [7, 11) is 0. The molecule has 0 aliphatic rings. The van der Waals surface area contributed by atoms with Gasteiger partial charge in [0.05, 0.1) is 5.56 Å². The minimum Gasteiger partial charge on any atom is -0.348 e. The molecule has 0 aliphatic heterocycles. The Kier molecular flexibility index (Phi) is 6.16. The number of alkyl halides is 1. The van der Waals surface area contributed by atoms with E-state index in [0.717, 1.165) is 16.5 Å². The molecule has 0 aromatic heterocycles. The summed E-state index contributed by atoms with van der Waals surface area (Å²) >= 11 is 9.34. The number of hydrogen-bond donors (Lipinski definition) is 1. The van der Waals surface area contributed by atoms with Crippen LogP contribution in [0.4, 0.5) is 0 Å². The van der Waals surface area contributed by atoms with Gasteiger partial charge in [-0.2, -0.15) is 0 Å². The van der Waals surface area contributed by atoms with Crippen molar-refractivity contribution < 1.29 is 4.79 Å². The quantitative estimate of drug-likeness (QED) is 0.807. The van der Waals surface area contributed by atoms with Gasteiger partial charge in [-0.25, -0.2) is 0 Å². The number of amides is 1. The van der Waals surface area contributed by atoms with E-state index in [1.54, 1.807) is 0 Å². The fourth-order valence-corrected chi connectivity index (χ4v) is 2.46. The Balaban J connectivity index is 2.78. The Morgan fingerprint density at radius 2 is 2.11 bits per heavy atom. The molecule has 0 fully saturated rings. The standard InChI is InChI=1S/C14H19BrClNO/c1-9(2)7-11(8-16)17-14(18)12-6-4-5-10(3)13(12)15/h4-6,9,11H,7-8H2,1-3H3,(H,17,18). The first-order valence-electron chi connectivity index (χ1n) is 6.07. The van der Waals surface area contributed by atoms with Crippen molar-refractivity contribution in [3.63, 3.8) is 0 Å². The molecule has 1 N–H and O–H groups in total. The van der Waals surface area contributed by atoms with E-state index in [9.17, 15) is 4.79 Å². The number of carbonyl (C=O) groups is 1. The van der Waals surface area contributed by atoms with E-state index >= 15 is 0 Å². The third-order valence-corrected chi connectivity index (χ3v) is 4.14. The molecule has 0 spiro atoms. The van der Waals surface area contributed by atoms with Crippen LogP contribution in [0.2, 0.25) is 0 Å². The van der Waals surface area contributed by atoms with Gasteiger partial charge in [0.1, 0.15) is 0 Å². The van der Waals surface area contributed by atoms with Crippen molar-refractivity contribution in [1.82, 2.24) is 5.32 Å². The van der Waals surface area contributed by atoms with Crippen LogP contribution in [0, 0.1) is 12.8 Å². The number of nitrogens with one attached hydrogen (secondary N) is 1. The molecule has 1 rings (SSSR count). The predicted molar refractivity (Wildman–Crippen MR) is 80.3 cm³/mol. The van der Waals surface area contributed by atoms with Gasteiger partial charge in [-0.3, -0.25) is 4.79 Å². The van der Waals surface area contributed by atoms with Gasteiger partial charge in [0.25, 0.3) is 5.91 Å². The summed E-state index contributed by atoms with van der Waals surface area (Å²) in [5.74, 6) is 0.875. The molecule has 0 radical (unpaired) electrons. The van der Waals surface area contributed by atoms with Crippen LogP contribution in [0.3, 0.4) is 0 Å². The molecule has 0 heterocycles. The number of carbonyl (C=O) groups excluding carboxylic acids is 1.